The lowest BCUT2D eigenvalue weighted by Gasteiger charge is -2.27. The minimum absolute atomic E-state index is 0.236. The fourth-order valence-electron chi connectivity index (χ4n) is 1.49. The molecular weight excluding hydrogens is 301 g/mol. The highest BCUT2D eigenvalue weighted by Gasteiger charge is 2.36. The van der Waals surface area contributed by atoms with E-state index in [9.17, 15) is 22.8 Å². The van der Waals surface area contributed by atoms with Crippen molar-refractivity contribution in [2.75, 3.05) is 11.4 Å². The largest absolute Gasteiger partial charge is 0.443 e. The minimum atomic E-state index is -4.61. The highest BCUT2D eigenvalue weighted by atomic mass is 19.4. The van der Waals surface area contributed by atoms with Crippen LogP contribution in [0.3, 0.4) is 0 Å². The van der Waals surface area contributed by atoms with E-state index in [0.717, 1.165) is 6.20 Å². The monoisotopic (exact) mass is 318 g/mol. The van der Waals surface area contributed by atoms with Gasteiger partial charge in [0.2, 0.25) is 0 Å². The third-order valence-electron chi connectivity index (χ3n) is 2.38. The van der Waals surface area contributed by atoms with Gasteiger partial charge in [0.05, 0.1) is 0 Å². The van der Waals surface area contributed by atoms with Crippen LogP contribution in [0.4, 0.5) is 23.8 Å². The molecular formula is C14H17F3N2O3. The standard InChI is InChI=1S/C14H17F3N2O3/c1-9(20)10-5-6-11(18-7-10)19(8-14(15,16)17)12(21)22-13(2,3)4/h5-7H,8H2,1-4H3. The van der Waals surface area contributed by atoms with Gasteiger partial charge in [0.25, 0.3) is 0 Å². The number of rotatable bonds is 3. The zero-order valence-corrected chi connectivity index (χ0v) is 12.7. The number of ether oxygens (including phenoxy) is 1. The van der Waals surface area contributed by atoms with Crippen molar-refractivity contribution in [2.24, 2.45) is 0 Å². The Kier molecular flexibility index (Phi) is 5.16. The van der Waals surface area contributed by atoms with Crippen LogP contribution in [0.25, 0.3) is 0 Å². The SMILES string of the molecule is CC(=O)c1ccc(N(CC(F)(F)F)C(=O)OC(C)(C)C)nc1. The lowest BCUT2D eigenvalue weighted by atomic mass is 10.2. The Balaban J connectivity index is 3.09. The molecule has 0 N–H and O–H groups in total. The van der Waals surface area contributed by atoms with E-state index < -0.39 is 24.4 Å². The maximum atomic E-state index is 12.7. The zero-order valence-electron chi connectivity index (χ0n) is 12.7. The highest BCUT2D eigenvalue weighted by molar-refractivity contribution is 5.94. The fraction of sp³-hybridized carbons (Fsp3) is 0.500. The number of anilines is 1. The number of pyridine rings is 1. The molecule has 8 heteroatoms. The molecule has 5 nitrogen and oxygen atoms in total. The summed E-state index contributed by atoms with van der Waals surface area (Å²) in [6, 6.07) is 2.48. The van der Waals surface area contributed by atoms with Crippen LogP contribution in [0, 0.1) is 0 Å². The smallest absolute Gasteiger partial charge is 0.416 e. The molecule has 0 aliphatic heterocycles. The van der Waals surface area contributed by atoms with Gasteiger partial charge in [0, 0.05) is 11.8 Å². The summed E-state index contributed by atoms with van der Waals surface area (Å²) in [4.78, 5) is 27.2. The Morgan fingerprint density at radius 1 is 1.23 bits per heavy atom. The summed E-state index contributed by atoms with van der Waals surface area (Å²) in [5.74, 6) is -0.518. The predicted molar refractivity (Wildman–Crippen MR) is 73.9 cm³/mol. The molecule has 0 aromatic carbocycles. The number of carbonyl (C=O) groups excluding carboxylic acids is 2. The van der Waals surface area contributed by atoms with Gasteiger partial charge in [-0.05, 0) is 39.8 Å². The zero-order chi connectivity index (χ0) is 17.1. The lowest BCUT2D eigenvalue weighted by molar-refractivity contribution is -0.119. The molecule has 122 valence electrons. The Bertz CT molecular complexity index is 548. The lowest BCUT2D eigenvalue weighted by Crippen LogP contribution is -2.42. The average molecular weight is 318 g/mol. The van der Waals surface area contributed by atoms with Gasteiger partial charge in [-0.15, -0.1) is 0 Å². The van der Waals surface area contributed by atoms with Crippen molar-refractivity contribution in [3.05, 3.63) is 23.9 Å². The van der Waals surface area contributed by atoms with Gasteiger partial charge in [0.1, 0.15) is 18.0 Å². The molecule has 0 atom stereocenters. The van der Waals surface area contributed by atoms with E-state index in [-0.39, 0.29) is 17.2 Å². The van der Waals surface area contributed by atoms with Crippen LogP contribution >= 0.6 is 0 Å². The summed E-state index contributed by atoms with van der Waals surface area (Å²) in [7, 11) is 0. The van der Waals surface area contributed by atoms with Crippen LogP contribution < -0.4 is 4.90 Å². The van der Waals surface area contributed by atoms with Crippen LogP contribution in [0.5, 0.6) is 0 Å². The third kappa shape index (κ3) is 5.71. The number of amides is 1. The third-order valence-corrected chi connectivity index (χ3v) is 2.38. The molecule has 1 rings (SSSR count). The second-order valence-electron chi connectivity index (χ2n) is 5.64. The number of hydrogen-bond donors (Lipinski definition) is 0. The quantitative estimate of drug-likeness (QED) is 0.799. The number of carbonyl (C=O) groups is 2. The maximum Gasteiger partial charge on any atom is 0.416 e. The topological polar surface area (TPSA) is 59.5 Å². The average Bonchev–Trinajstić information content (AvgIpc) is 2.33. The number of aromatic nitrogens is 1. The van der Waals surface area contributed by atoms with Crippen molar-refractivity contribution >= 4 is 17.7 Å². The second-order valence-corrected chi connectivity index (χ2v) is 5.64. The van der Waals surface area contributed by atoms with Crippen molar-refractivity contribution < 1.29 is 27.5 Å². The van der Waals surface area contributed by atoms with E-state index in [2.05, 4.69) is 4.98 Å². The predicted octanol–water partition coefficient (Wildman–Crippen LogP) is 3.59. The van der Waals surface area contributed by atoms with Gasteiger partial charge >= 0.3 is 12.3 Å². The van der Waals surface area contributed by atoms with Crippen molar-refractivity contribution in [1.29, 1.82) is 0 Å². The number of ketones is 1. The minimum Gasteiger partial charge on any atom is -0.443 e. The van der Waals surface area contributed by atoms with E-state index in [0.29, 0.717) is 4.90 Å². The van der Waals surface area contributed by atoms with E-state index in [1.807, 2.05) is 0 Å². The van der Waals surface area contributed by atoms with Gasteiger partial charge in [-0.2, -0.15) is 13.2 Å². The second kappa shape index (κ2) is 6.33. The van der Waals surface area contributed by atoms with Gasteiger partial charge < -0.3 is 4.74 Å². The molecule has 22 heavy (non-hydrogen) atoms. The number of halogens is 3. The molecule has 0 aliphatic rings. The van der Waals surface area contributed by atoms with Gasteiger partial charge in [-0.3, -0.25) is 9.69 Å². The van der Waals surface area contributed by atoms with E-state index in [1.54, 1.807) is 20.8 Å². The van der Waals surface area contributed by atoms with Gasteiger partial charge in [0.15, 0.2) is 5.78 Å². The van der Waals surface area contributed by atoms with Crippen LogP contribution in [0.15, 0.2) is 18.3 Å². The normalized spacial score (nSPS) is 12.0. The van der Waals surface area contributed by atoms with Crippen molar-refractivity contribution in [1.82, 2.24) is 4.98 Å². The molecule has 0 saturated heterocycles. The van der Waals surface area contributed by atoms with Crippen LogP contribution in [-0.2, 0) is 4.74 Å². The molecule has 1 aromatic heterocycles. The molecule has 0 fully saturated rings. The Morgan fingerprint density at radius 2 is 1.82 bits per heavy atom. The summed E-state index contributed by atoms with van der Waals surface area (Å²) < 4.78 is 42.9. The van der Waals surface area contributed by atoms with Crippen LogP contribution in [-0.4, -0.2) is 35.2 Å². The molecule has 0 unspecified atom stereocenters. The first-order chi connectivity index (χ1) is 9.89. The first-order valence-corrected chi connectivity index (χ1v) is 6.43. The molecule has 1 heterocycles. The first kappa shape index (κ1) is 17.9. The summed E-state index contributed by atoms with van der Waals surface area (Å²) in [5, 5.41) is 0. The Labute approximate surface area is 126 Å². The fourth-order valence-corrected chi connectivity index (χ4v) is 1.49. The van der Waals surface area contributed by atoms with Crippen LogP contribution in [0.2, 0.25) is 0 Å². The van der Waals surface area contributed by atoms with Crippen molar-refractivity contribution in [3.63, 3.8) is 0 Å². The molecule has 1 amide bonds. The van der Waals surface area contributed by atoms with Crippen molar-refractivity contribution in [2.45, 2.75) is 39.5 Å². The molecule has 0 aliphatic carbocycles. The summed E-state index contributed by atoms with van der Waals surface area (Å²) >= 11 is 0. The molecule has 0 radical (unpaired) electrons. The molecule has 0 saturated carbocycles. The number of alkyl halides is 3. The number of hydrogen-bond acceptors (Lipinski definition) is 4. The first-order valence-electron chi connectivity index (χ1n) is 6.43. The Morgan fingerprint density at radius 3 is 2.18 bits per heavy atom. The summed E-state index contributed by atoms with van der Waals surface area (Å²) in [5.41, 5.74) is -0.708. The number of Topliss-reactive ketones (excluding diaryl/α,β-unsaturated/α-hetero) is 1. The van der Waals surface area contributed by atoms with E-state index >= 15 is 0 Å². The Hall–Kier alpha value is -2.12. The molecule has 1 aromatic rings. The van der Waals surface area contributed by atoms with Gasteiger partial charge in [-0.1, -0.05) is 0 Å². The van der Waals surface area contributed by atoms with E-state index in [1.165, 1.54) is 19.1 Å². The molecule has 0 spiro atoms. The highest BCUT2D eigenvalue weighted by Crippen LogP contribution is 2.23. The molecule has 0 bridgehead atoms. The van der Waals surface area contributed by atoms with Gasteiger partial charge in [-0.25, -0.2) is 9.78 Å². The van der Waals surface area contributed by atoms with E-state index in [4.69, 9.17) is 4.74 Å². The van der Waals surface area contributed by atoms with Crippen molar-refractivity contribution in [3.8, 4) is 0 Å². The summed E-state index contributed by atoms with van der Waals surface area (Å²) in [6.07, 6.45) is -4.66. The summed E-state index contributed by atoms with van der Waals surface area (Å²) in [6.45, 7) is 4.40. The van der Waals surface area contributed by atoms with Crippen LogP contribution in [0.1, 0.15) is 38.1 Å². The number of nitrogens with zero attached hydrogens (tertiary/aromatic N) is 2. The maximum absolute atomic E-state index is 12.7.